The number of piperidine rings is 1. The summed E-state index contributed by atoms with van der Waals surface area (Å²) in [6.07, 6.45) is 7.47. The zero-order valence-corrected chi connectivity index (χ0v) is 14.6. The summed E-state index contributed by atoms with van der Waals surface area (Å²) in [6.45, 7) is 4.84. The van der Waals surface area contributed by atoms with Crippen LogP contribution in [0.2, 0.25) is 0 Å². The van der Waals surface area contributed by atoms with E-state index >= 15 is 0 Å². The molecule has 4 heteroatoms. The summed E-state index contributed by atoms with van der Waals surface area (Å²) in [5.74, 6) is 0.884. The predicted octanol–water partition coefficient (Wildman–Crippen LogP) is 4.04. The van der Waals surface area contributed by atoms with Gasteiger partial charge < -0.3 is 4.90 Å². The van der Waals surface area contributed by atoms with Crippen molar-refractivity contribution in [2.75, 3.05) is 6.54 Å². The molecule has 126 valence electrons. The van der Waals surface area contributed by atoms with Gasteiger partial charge in [0, 0.05) is 18.2 Å². The van der Waals surface area contributed by atoms with E-state index in [1.165, 1.54) is 32.1 Å². The largest absolute Gasteiger partial charge is 0.335 e. The van der Waals surface area contributed by atoms with Crippen LogP contribution in [0, 0.1) is 19.8 Å². The first-order chi connectivity index (χ1) is 11.6. The minimum absolute atomic E-state index is 0.175. The summed E-state index contributed by atoms with van der Waals surface area (Å²) in [7, 11) is 0. The Hall–Kier alpha value is -1.97. The molecule has 2 heterocycles. The van der Waals surface area contributed by atoms with Crippen molar-refractivity contribution in [3.05, 3.63) is 35.2 Å². The second-order valence-electron chi connectivity index (χ2n) is 7.35. The molecule has 0 unspecified atom stereocenters. The number of carbonyl (C=O) groups excluding carboxylic acids is 1. The molecule has 1 saturated heterocycles. The minimum Gasteiger partial charge on any atom is -0.335 e. The standard InChI is InChI=1S/C20H25N3O/c1-13-14(2)22-18-12-16(9-10-17(18)21-13)20(24)23-11-5-7-15-6-3-4-8-19(15)23/h9-10,12,15,19H,3-8,11H2,1-2H3/t15-,19-/m0/s1. The third-order valence-electron chi connectivity index (χ3n) is 5.83. The molecule has 0 bridgehead atoms. The first-order valence-electron chi connectivity index (χ1n) is 9.19. The fourth-order valence-corrected chi connectivity index (χ4v) is 4.41. The van der Waals surface area contributed by atoms with E-state index in [0.717, 1.165) is 41.0 Å². The molecule has 1 saturated carbocycles. The molecule has 2 aromatic rings. The molecule has 1 aromatic carbocycles. The third-order valence-corrected chi connectivity index (χ3v) is 5.83. The van der Waals surface area contributed by atoms with Gasteiger partial charge in [0.1, 0.15) is 0 Å². The van der Waals surface area contributed by atoms with Crippen LogP contribution in [0.4, 0.5) is 0 Å². The zero-order valence-electron chi connectivity index (χ0n) is 14.6. The second-order valence-corrected chi connectivity index (χ2v) is 7.35. The molecule has 1 aliphatic carbocycles. The molecule has 2 atom stereocenters. The molecule has 1 aromatic heterocycles. The Bertz CT molecular complexity index is 784. The number of rotatable bonds is 1. The van der Waals surface area contributed by atoms with Gasteiger partial charge in [0.15, 0.2) is 0 Å². The van der Waals surface area contributed by atoms with Crippen LogP contribution in [0.15, 0.2) is 18.2 Å². The van der Waals surface area contributed by atoms with Crippen LogP contribution in [0.1, 0.15) is 60.3 Å². The fourth-order valence-electron chi connectivity index (χ4n) is 4.41. The van der Waals surface area contributed by atoms with Gasteiger partial charge in [-0.25, -0.2) is 9.97 Å². The third kappa shape index (κ3) is 2.68. The number of aryl methyl sites for hydroxylation is 2. The van der Waals surface area contributed by atoms with E-state index < -0.39 is 0 Å². The average molecular weight is 323 g/mol. The predicted molar refractivity (Wildman–Crippen MR) is 95.0 cm³/mol. The van der Waals surface area contributed by atoms with Gasteiger partial charge in [-0.1, -0.05) is 12.8 Å². The molecule has 2 fully saturated rings. The summed E-state index contributed by atoms with van der Waals surface area (Å²) < 4.78 is 0. The highest BCUT2D eigenvalue weighted by Crippen LogP contribution is 2.36. The van der Waals surface area contributed by atoms with Crippen LogP contribution in [-0.2, 0) is 0 Å². The first kappa shape index (κ1) is 15.6. The van der Waals surface area contributed by atoms with E-state index in [9.17, 15) is 4.79 Å². The van der Waals surface area contributed by atoms with Gasteiger partial charge >= 0.3 is 0 Å². The van der Waals surface area contributed by atoms with E-state index in [1.807, 2.05) is 32.0 Å². The molecule has 2 aliphatic rings. The number of carbonyl (C=O) groups is 1. The van der Waals surface area contributed by atoms with E-state index in [-0.39, 0.29) is 5.91 Å². The van der Waals surface area contributed by atoms with Gasteiger partial charge in [-0.2, -0.15) is 0 Å². The Morgan fingerprint density at radius 3 is 2.54 bits per heavy atom. The van der Waals surface area contributed by atoms with Gasteiger partial charge in [-0.15, -0.1) is 0 Å². The Morgan fingerprint density at radius 1 is 1.00 bits per heavy atom. The van der Waals surface area contributed by atoms with Crippen LogP contribution < -0.4 is 0 Å². The topological polar surface area (TPSA) is 46.1 Å². The summed E-state index contributed by atoms with van der Waals surface area (Å²) in [5, 5.41) is 0. The number of hydrogen-bond donors (Lipinski definition) is 0. The maximum absolute atomic E-state index is 13.1. The van der Waals surface area contributed by atoms with Crippen molar-refractivity contribution >= 4 is 16.9 Å². The summed E-state index contributed by atoms with van der Waals surface area (Å²) in [5.41, 5.74) is 4.32. The SMILES string of the molecule is Cc1nc2ccc(C(=O)N3CCC[C@@H]4CCCC[C@@H]43)cc2nc1C. The smallest absolute Gasteiger partial charge is 0.254 e. The van der Waals surface area contributed by atoms with Crippen molar-refractivity contribution in [2.24, 2.45) is 5.92 Å². The summed E-state index contributed by atoms with van der Waals surface area (Å²) >= 11 is 0. The average Bonchev–Trinajstić information content (AvgIpc) is 2.61. The Balaban J connectivity index is 1.66. The molecule has 4 nitrogen and oxygen atoms in total. The normalized spacial score (nSPS) is 24.0. The van der Waals surface area contributed by atoms with Crippen molar-refractivity contribution in [2.45, 2.75) is 58.4 Å². The van der Waals surface area contributed by atoms with E-state index in [2.05, 4.69) is 14.9 Å². The Kier molecular flexibility index (Phi) is 3.99. The van der Waals surface area contributed by atoms with E-state index in [0.29, 0.717) is 12.0 Å². The zero-order chi connectivity index (χ0) is 16.7. The molecular formula is C20H25N3O. The minimum atomic E-state index is 0.175. The number of benzene rings is 1. The van der Waals surface area contributed by atoms with Crippen LogP contribution in [-0.4, -0.2) is 33.4 Å². The summed E-state index contributed by atoms with van der Waals surface area (Å²) in [6, 6.07) is 6.22. The molecule has 0 spiro atoms. The fraction of sp³-hybridized carbons (Fsp3) is 0.550. The second kappa shape index (κ2) is 6.15. The van der Waals surface area contributed by atoms with Gasteiger partial charge in [0.05, 0.1) is 22.4 Å². The maximum atomic E-state index is 13.1. The Labute approximate surface area is 143 Å². The van der Waals surface area contributed by atoms with Gasteiger partial charge in [0.25, 0.3) is 5.91 Å². The molecule has 24 heavy (non-hydrogen) atoms. The maximum Gasteiger partial charge on any atom is 0.254 e. The Morgan fingerprint density at radius 2 is 1.71 bits per heavy atom. The number of nitrogens with zero attached hydrogens (tertiary/aromatic N) is 3. The van der Waals surface area contributed by atoms with Crippen LogP contribution in [0.25, 0.3) is 11.0 Å². The highest BCUT2D eigenvalue weighted by Gasteiger charge is 2.36. The van der Waals surface area contributed by atoms with Gasteiger partial charge in [0.2, 0.25) is 0 Å². The molecule has 0 N–H and O–H groups in total. The number of fused-ring (bicyclic) bond motifs is 2. The molecule has 1 aliphatic heterocycles. The number of likely N-dealkylation sites (tertiary alicyclic amines) is 1. The van der Waals surface area contributed by atoms with Gasteiger partial charge in [-0.3, -0.25) is 4.79 Å². The lowest BCUT2D eigenvalue weighted by atomic mass is 9.78. The monoisotopic (exact) mass is 323 g/mol. The van der Waals surface area contributed by atoms with Crippen molar-refractivity contribution in [1.82, 2.24) is 14.9 Å². The molecule has 4 rings (SSSR count). The first-order valence-corrected chi connectivity index (χ1v) is 9.19. The van der Waals surface area contributed by atoms with Crippen molar-refractivity contribution in [3.63, 3.8) is 0 Å². The number of amides is 1. The van der Waals surface area contributed by atoms with Gasteiger partial charge in [-0.05, 0) is 63.6 Å². The van der Waals surface area contributed by atoms with Crippen LogP contribution >= 0.6 is 0 Å². The van der Waals surface area contributed by atoms with Crippen molar-refractivity contribution in [1.29, 1.82) is 0 Å². The van der Waals surface area contributed by atoms with E-state index in [1.54, 1.807) is 0 Å². The van der Waals surface area contributed by atoms with Crippen LogP contribution in [0.3, 0.4) is 0 Å². The highest BCUT2D eigenvalue weighted by molar-refractivity contribution is 5.97. The van der Waals surface area contributed by atoms with Crippen molar-refractivity contribution < 1.29 is 4.79 Å². The molecule has 1 amide bonds. The molecule has 0 radical (unpaired) electrons. The molecular weight excluding hydrogens is 298 g/mol. The highest BCUT2D eigenvalue weighted by atomic mass is 16.2. The number of hydrogen-bond acceptors (Lipinski definition) is 3. The number of aromatic nitrogens is 2. The lowest BCUT2D eigenvalue weighted by molar-refractivity contribution is 0.0391. The lowest BCUT2D eigenvalue weighted by Gasteiger charge is -2.44. The lowest BCUT2D eigenvalue weighted by Crippen LogP contribution is -2.49. The van der Waals surface area contributed by atoms with Crippen molar-refractivity contribution in [3.8, 4) is 0 Å². The quantitative estimate of drug-likeness (QED) is 0.795. The van der Waals surface area contributed by atoms with E-state index in [4.69, 9.17) is 0 Å². The summed E-state index contributed by atoms with van der Waals surface area (Å²) in [4.78, 5) is 24.4. The van der Waals surface area contributed by atoms with Crippen LogP contribution in [0.5, 0.6) is 0 Å².